The van der Waals surface area contributed by atoms with Crippen molar-refractivity contribution in [1.82, 2.24) is 5.32 Å². The lowest BCUT2D eigenvalue weighted by Crippen LogP contribution is -2.25. The van der Waals surface area contributed by atoms with Crippen molar-refractivity contribution in [2.75, 3.05) is 6.54 Å². The highest BCUT2D eigenvalue weighted by molar-refractivity contribution is 5.76. The van der Waals surface area contributed by atoms with Crippen LogP contribution in [-0.2, 0) is 17.6 Å². The molecule has 0 aliphatic heterocycles. The van der Waals surface area contributed by atoms with Crippen LogP contribution in [0.3, 0.4) is 0 Å². The lowest BCUT2D eigenvalue weighted by molar-refractivity contribution is -0.121. The zero-order valence-electron chi connectivity index (χ0n) is 11.6. The van der Waals surface area contributed by atoms with Gasteiger partial charge < -0.3 is 5.32 Å². The van der Waals surface area contributed by atoms with E-state index in [4.69, 9.17) is 0 Å². The Hall–Kier alpha value is -2.23. The molecule has 0 fully saturated rings. The van der Waals surface area contributed by atoms with Crippen LogP contribution in [0.1, 0.15) is 17.5 Å². The Bertz CT molecular complexity index is 596. The van der Waals surface area contributed by atoms with Crippen molar-refractivity contribution in [2.45, 2.75) is 19.3 Å². The SMILES string of the molecule is O=C(CCc1ccc(F)cc1)NCCc1cccc(F)c1. The topological polar surface area (TPSA) is 29.1 Å². The molecule has 0 spiro atoms. The third-order valence-corrected chi connectivity index (χ3v) is 3.18. The molecule has 0 saturated carbocycles. The fourth-order valence-electron chi connectivity index (χ4n) is 2.04. The number of carbonyl (C=O) groups is 1. The molecule has 2 rings (SSSR count). The van der Waals surface area contributed by atoms with E-state index in [1.54, 1.807) is 18.2 Å². The number of carbonyl (C=O) groups excluding carboxylic acids is 1. The minimum Gasteiger partial charge on any atom is -0.356 e. The molecule has 0 unspecified atom stereocenters. The maximum absolute atomic E-state index is 13.0. The molecule has 1 N–H and O–H groups in total. The van der Waals surface area contributed by atoms with E-state index in [9.17, 15) is 13.6 Å². The molecule has 0 heterocycles. The van der Waals surface area contributed by atoms with Crippen molar-refractivity contribution in [3.8, 4) is 0 Å². The second-order valence-corrected chi connectivity index (χ2v) is 4.86. The first-order valence-corrected chi connectivity index (χ1v) is 6.89. The number of nitrogens with one attached hydrogen (secondary N) is 1. The first kappa shape index (κ1) is 15.2. The van der Waals surface area contributed by atoms with Crippen molar-refractivity contribution in [3.05, 3.63) is 71.3 Å². The molecule has 0 radical (unpaired) electrons. The maximum Gasteiger partial charge on any atom is 0.220 e. The molecular formula is C17H17F2NO. The molecule has 0 atom stereocenters. The van der Waals surface area contributed by atoms with Crippen molar-refractivity contribution in [3.63, 3.8) is 0 Å². The van der Waals surface area contributed by atoms with Crippen molar-refractivity contribution < 1.29 is 13.6 Å². The number of benzene rings is 2. The Morgan fingerprint density at radius 3 is 2.38 bits per heavy atom. The average molecular weight is 289 g/mol. The molecule has 0 saturated heterocycles. The van der Waals surface area contributed by atoms with E-state index >= 15 is 0 Å². The fourth-order valence-corrected chi connectivity index (χ4v) is 2.04. The van der Waals surface area contributed by atoms with Gasteiger partial charge in [-0.3, -0.25) is 4.79 Å². The number of hydrogen-bond donors (Lipinski definition) is 1. The summed E-state index contributed by atoms with van der Waals surface area (Å²) in [7, 11) is 0. The summed E-state index contributed by atoms with van der Waals surface area (Å²) >= 11 is 0. The zero-order valence-corrected chi connectivity index (χ0v) is 11.6. The van der Waals surface area contributed by atoms with Crippen LogP contribution in [0.5, 0.6) is 0 Å². The predicted molar refractivity (Wildman–Crippen MR) is 77.8 cm³/mol. The van der Waals surface area contributed by atoms with E-state index in [2.05, 4.69) is 5.32 Å². The van der Waals surface area contributed by atoms with Crippen LogP contribution in [0.15, 0.2) is 48.5 Å². The van der Waals surface area contributed by atoms with E-state index in [1.807, 2.05) is 6.07 Å². The third-order valence-electron chi connectivity index (χ3n) is 3.18. The molecule has 2 nitrogen and oxygen atoms in total. The quantitative estimate of drug-likeness (QED) is 0.869. The first-order valence-electron chi connectivity index (χ1n) is 6.89. The van der Waals surface area contributed by atoms with Gasteiger partial charge in [0.25, 0.3) is 0 Å². The third kappa shape index (κ3) is 5.34. The van der Waals surface area contributed by atoms with Gasteiger partial charge in [0, 0.05) is 13.0 Å². The number of aryl methyl sites for hydroxylation is 1. The van der Waals surface area contributed by atoms with Crippen LogP contribution >= 0.6 is 0 Å². The first-order chi connectivity index (χ1) is 10.1. The summed E-state index contributed by atoms with van der Waals surface area (Å²) in [6, 6.07) is 12.5. The van der Waals surface area contributed by atoms with Gasteiger partial charge in [-0.15, -0.1) is 0 Å². The van der Waals surface area contributed by atoms with Crippen LogP contribution in [0.25, 0.3) is 0 Å². The predicted octanol–water partition coefficient (Wildman–Crippen LogP) is 3.26. The molecule has 2 aromatic carbocycles. The lowest BCUT2D eigenvalue weighted by atomic mass is 10.1. The average Bonchev–Trinajstić information content (AvgIpc) is 2.47. The van der Waals surface area contributed by atoms with Gasteiger partial charge >= 0.3 is 0 Å². The van der Waals surface area contributed by atoms with E-state index in [1.165, 1.54) is 24.3 Å². The van der Waals surface area contributed by atoms with Gasteiger partial charge in [-0.2, -0.15) is 0 Å². The minimum atomic E-state index is -0.279. The van der Waals surface area contributed by atoms with Gasteiger partial charge in [-0.05, 0) is 48.2 Å². The normalized spacial score (nSPS) is 10.4. The van der Waals surface area contributed by atoms with Crippen LogP contribution in [0, 0.1) is 11.6 Å². The van der Waals surface area contributed by atoms with Crippen LogP contribution in [0.4, 0.5) is 8.78 Å². The Morgan fingerprint density at radius 1 is 0.905 bits per heavy atom. The van der Waals surface area contributed by atoms with E-state index in [-0.39, 0.29) is 17.5 Å². The van der Waals surface area contributed by atoms with Crippen LogP contribution in [-0.4, -0.2) is 12.5 Å². The fraction of sp³-hybridized carbons (Fsp3) is 0.235. The monoisotopic (exact) mass is 289 g/mol. The lowest BCUT2D eigenvalue weighted by Gasteiger charge is -2.06. The Morgan fingerprint density at radius 2 is 1.67 bits per heavy atom. The van der Waals surface area contributed by atoms with Gasteiger partial charge in [0.05, 0.1) is 0 Å². The van der Waals surface area contributed by atoms with Crippen molar-refractivity contribution >= 4 is 5.91 Å². The minimum absolute atomic E-state index is 0.0595. The zero-order chi connectivity index (χ0) is 15.1. The highest BCUT2D eigenvalue weighted by atomic mass is 19.1. The molecule has 1 amide bonds. The van der Waals surface area contributed by atoms with Crippen LogP contribution in [0.2, 0.25) is 0 Å². The van der Waals surface area contributed by atoms with Crippen molar-refractivity contribution in [2.24, 2.45) is 0 Å². The number of rotatable bonds is 6. The maximum atomic E-state index is 13.0. The van der Waals surface area contributed by atoms with Gasteiger partial charge in [-0.25, -0.2) is 8.78 Å². The van der Waals surface area contributed by atoms with Crippen molar-refractivity contribution in [1.29, 1.82) is 0 Å². The summed E-state index contributed by atoms with van der Waals surface area (Å²) in [4.78, 5) is 11.7. The van der Waals surface area contributed by atoms with E-state index in [0.29, 0.717) is 25.8 Å². The second kappa shape index (κ2) is 7.53. The van der Waals surface area contributed by atoms with E-state index in [0.717, 1.165) is 11.1 Å². The van der Waals surface area contributed by atoms with E-state index < -0.39 is 0 Å². The summed E-state index contributed by atoms with van der Waals surface area (Å²) < 4.78 is 25.7. The number of halogens is 2. The Labute approximate surface area is 122 Å². The molecule has 21 heavy (non-hydrogen) atoms. The highest BCUT2D eigenvalue weighted by Crippen LogP contribution is 2.06. The van der Waals surface area contributed by atoms with Gasteiger partial charge in [0.1, 0.15) is 11.6 Å². The molecule has 2 aromatic rings. The summed E-state index contributed by atoms with van der Waals surface area (Å²) in [6.07, 6.45) is 1.53. The molecule has 0 aliphatic carbocycles. The molecule has 0 aliphatic rings. The number of hydrogen-bond acceptors (Lipinski definition) is 1. The summed E-state index contributed by atoms with van der Waals surface area (Å²) in [5.74, 6) is -0.607. The van der Waals surface area contributed by atoms with Gasteiger partial charge in [0.15, 0.2) is 0 Å². The summed E-state index contributed by atoms with van der Waals surface area (Å²) in [5, 5.41) is 2.80. The Balaban J connectivity index is 1.69. The van der Waals surface area contributed by atoms with Crippen LogP contribution < -0.4 is 5.32 Å². The molecule has 4 heteroatoms. The Kier molecular flexibility index (Phi) is 5.43. The van der Waals surface area contributed by atoms with Gasteiger partial charge in [0.2, 0.25) is 5.91 Å². The molecule has 110 valence electrons. The number of amides is 1. The molecular weight excluding hydrogens is 272 g/mol. The molecule has 0 aromatic heterocycles. The molecule has 0 bridgehead atoms. The highest BCUT2D eigenvalue weighted by Gasteiger charge is 2.03. The largest absolute Gasteiger partial charge is 0.356 e. The standard InChI is InChI=1S/C17H17F2NO/c18-15-7-4-13(5-8-15)6-9-17(21)20-11-10-14-2-1-3-16(19)12-14/h1-5,7-8,12H,6,9-11H2,(H,20,21). The summed E-state index contributed by atoms with van der Waals surface area (Å²) in [5.41, 5.74) is 1.78. The second-order valence-electron chi connectivity index (χ2n) is 4.86. The summed E-state index contributed by atoms with van der Waals surface area (Å²) in [6.45, 7) is 0.478. The van der Waals surface area contributed by atoms with Gasteiger partial charge in [-0.1, -0.05) is 24.3 Å². The smallest absolute Gasteiger partial charge is 0.220 e.